The van der Waals surface area contributed by atoms with Crippen molar-refractivity contribution in [1.82, 2.24) is 15.0 Å². The number of anilines is 1. The van der Waals surface area contributed by atoms with Crippen molar-refractivity contribution in [3.8, 4) is 11.3 Å². The van der Waals surface area contributed by atoms with Crippen LogP contribution < -0.4 is 10.6 Å². The van der Waals surface area contributed by atoms with Crippen LogP contribution in [-0.4, -0.2) is 34.1 Å². The van der Waals surface area contributed by atoms with Crippen molar-refractivity contribution in [3.63, 3.8) is 0 Å². The normalized spacial score (nSPS) is 19.4. The van der Waals surface area contributed by atoms with Gasteiger partial charge in [0.1, 0.15) is 0 Å². The van der Waals surface area contributed by atoms with E-state index in [1.807, 2.05) is 18.2 Å². The summed E-state index contributed by atoms with van der Waals surface area (Å²) in [5, 5.41) is 0. The predicted octanol–water partition coefficient (Wildman–Crippen LogP) is 1.47. The van der Waals surface area contributed by atoms with Gasteiger partial charge in [0.05, 0.1) is 5.69 Å². The first-order chi connectivity index (χ1) is 9.33. The lowest BCUT2D eigenvalue weighted by molar-refractivity contribution is 0.500. The summed E-state index contributed by atoms with van der Waals surface area (Å²) in [5.74, 6) is 0.768. The molecule has 1 aliphatic rings. The molecule has 19 heavy (non-hydrogen) atoms. The maximum Gasteiger partial charge on any atom is 0.225 e. The van der Waals surface area contributed by atoms with Crippen molar-refractivity contribution in [3.05, 3.63) is 36.8 Å². The van der Waals surface area contributed by atoms with Gasteiger partial charge in [-0.2, -0.15) is 0 Å². The zero-order valence-electron chi connectivity index (χ0n) is 10.7. The van der Waals surface area contributed by atoms with Crippen LogP contribution in [0.1, 0.15) is 12.8 Å². The third-order valence-corrected chi connectivity index (χ3v) is 3.36. The average Bonchev–Trinajstić information content (AvgIpc) is 2.48. The highest BCUT2D eigenvalue weighted by molar-refractivity contribution is 5.59. The molecule has 3 heterocycles. The SMILES string of the molecule is NC1CCCN(c2nccc(-c3ccncc3)n2)C1. The summed E-state index contributed by atoms with van der Waals surface area (Å²) < 4.78 is 0. The average molecular weight is 255 g/mol. The molecule has 98 valence electrons. The molecule has 0 aliphatic carbocycles. The van der Waals surface area contributed by atoms with Gasteiger partial charge in [-0.05, 0) is 31.0 Å². The zero-order chi connectivity index (χ0) is 13.1. The Morgan fingerprint density at radius 3 is 2.79 bits per heavy atom. The smallest absolute Gasteiger partial charge is 0.225 e. The Balaban J connectivity index is 1.88. The second-order valence-electron chi connectivity index (χ2n) is 4.83. The van der Waals surface area contributed by atoms with Gasteiger partial charge in [-0.1, -0.05) is 0 Å². The van der Waals surface area contributed by atoms with Crippen molar-refractivity contribution in [2.45, 2.75) is 18.9 Å². The van der Waals surface area contributed by atoms with E-state index in [2.05, 4.69) is 19.9 Å². The number of hydrogen-bond donors (Lipinski definition) is 1. The van der Waals surface area contributed by atoms with E-state index in [4.69, 9.17) is 5.73 Å². The van der Waals surface area contributed by atoms with E-state index in [1.165, 1.54) is 0 Å². The van der Waals surface area contributed by atoms with Gasteiger partial charge in [0.2, 0.25) is 5.95 Å². The van der Waals surface area contributed by atoms with Crippen LogP contribution in [0.3, 0.4) is 0 Å². The van der Waals surface area contributed by atoms with E-state index in [9.17, 15) is 0 Å². The van der Waals surface area contributed by atoms with Gasteiger partial charge in [0.25, 0.3) is 0 Å². The molecule has 0 saturated carbocycles. The number of rotatable bonds is 2. The molecule has 0 amide bonds. The van der Waals surface area contributed by atoms with Gasteiger partial charge in [-0.15, -0.1) is 0 Å². The summed E-state index contributed by atoms with van der Waals surface area (Å²) in [6.45, 7) is 1.81. The lowest BCUT2D eigenvalue weighted by Gasteiger charge is -2.30. The van der Waals surface area contributed by atoms with E-state index in [0.717, 1.165) is 43.1 Å². The molecular weight excluding hydrogens is 238 g/mol. The standard InChI is InChI=1S/C14H17N5/c15-12-2-1-9-19(10-12)14-17-8-5-13(18-14)11-3-6-16-7-4-11/h3-8,12H,1-2,9-10,15H2. The first-order valence-corrected chi connectivity index (χ1v) is 6.57. The fraction of sp³-hybridized carbons (Fsp3) is 0.357. The largest absolute Gasteiger partial charge is 0.339 e. The molecule has 1 aliphatic heterocycles. The molecule has 5 heteroatoms. The summed E-state index contributed by atoms with van der Waals surface area (Å²) in [4.78, 5) is 15.2. The molecule has 0 aromatic carbocycles. The van der Waals surface area contributed by atoms with E-state index in [1.54, 1.807) is 18.6 Å². The molecule has 5 nitrogen and oxygen atoms in total. The van der Waals surface area contributed by atoms with Crippen molar-refractivity contribution < 1.29 is 0 Å². The Morgan fingerprint density at radius 2 is 2.00 bits per heavy atom. The molecule has 1 unspecified atom stereocenters. The van der Waals surface area contributed by atoms with Crippen LogP contribution >= 0.6 is 0 Å². The Bertz CT molecular complexity index is 543. The third-order valence-electron chi connectivity index (χ3n) is 3.36. The van der Waals surface area contributed by atoms with Crippen LogP contribution in [-0.2, 0) is 0 Å². The highest BCUT2D eigenvalue weighted by Gasteiger charge is 2.19. The van der Waals surface area contributed by atoms with Crippen LogP contribution in [0.5, 0.6) is 0 Å². The molecule has 1 atom stereocenters. The van der Waals surface area contributed by atoms with E-state index in [-0.39, 0.29) is 6.04 Å². The minimum absolute atomic E-state index is 0.224. The molecule has 2 aromatic rings. The molecule has 0 bridgehead atoms. The first kappa shape index (κ1) is 12.0. The third kappa shape index (κ3) is 2.71. The summed E-state index contributed by atoms with van der Waals surface area (Å²) in [6, 6.07) is 6.05. The van der Waals surface area contributed by atoms with E-state index < -0.39 is 0 Å². The highest BCUT2D eigenvalue weighted by atomic mass is 15.3. The minimum Gasteiger partial charge on any atom is -0.339 e. The maximum absolute atomic E-state index is 6.01. The van der Waals surface area contributed by atoms with Crippen molar-refractivity contribution in [2.24, 2.45) is 5.73 Å². The van der Waals surface area contributed by atoms with Crippen LogP contribution in [0.4, 0.5) is 5.95 Å². The Morgan fingerprint density at radius 1 is 1.16 bits per heavy atom. The molecule has 0 radical (unpaired) electrons. The number of hydrogen-bond acceptors (Lipinski definition) is 5. The van der Waals surface area contributed by atoms with Crippen LogP contribution in [0.25, 0.3) is 11.3 Å². The Hall–Kier alpha value is -2.01. The van der Waals surface area contributed by atoms with Crippen LogP contribution in [0.15, 0.2) is 36.8 Å². The fourth-order valence-corrected chi connectivity index (χ4v) is 2.38. The number of nitrogens with two attached hydrogens (primary N) is 1. The molecule has 1 fully saturated rings. The minimum atomic E-state index is 0.224. The molecular formula is C14H17N5. The summed E-state index contributed by atoms with van der Waals surface area (Å²) in [7, 11) is 0. The van der Waals surface area contributed by atoms with E-state index in [0.29, 0.717) is 0 Å². The molecule has 2 aromatic heterocycles. The van der Waals surface area contributed by atoms with Gasteiger partial charge < -0.3 is 10.6 Å². The van der Waals surface area contributed by atoms with Gasteiger partial charge in [0, 0.05) is 43.3 Å². The molecule has 1 saturated heterocycles. The molecule has 2 N–H and O–H groups in total. The van der Waals surface area contributed by atoms with Gasteiger partial charge >= 0.3 is 0 Å². The number of aromatic nitrogens is 3. The summed E-state index contributed by atoms with van der Waals surface area (Å²) >= 11 is 0. The molecule has 0 spiro atoms. The van der Waals surface area contributed by atoms with Crippen molar-refractivity contribution >= 4 is 5.95 Å². The lowest BCUT2D eigenvalue weighted by Crippen LogP contribution is -2.43. The fourth-order valence-electron chi connectivity index (χ4n) is 2.38. The van der Waals surface area contributed by atoms with Gasteiger partial charge in [-0.25, -0.2) is 9.97 Å². The quantitative estimate of drug-likeness (QED) is 0.880. The topological polar surface area (TPSA) is 67.9 Å². The second-order valence-corrected chi connectivity index (χ2v) is 4.83. The van der Waals surface area contributed by atoms with Gasteiger partial charge in [-0.3, -0.25) is 4.98 Å². The van der Waals surface area contributed by atoms with Crippen molar-refractivity contribution in [2.75, 3.05) is 18.0 Å². The lowest BCUT2D eigenvalue weighted by atomic mass is 10.1. The van der Waals surface area contributed by atoms with E-state index >= 15 is 0 Å². The maximum atomic E-state index is 6.01. The number of pyridine rings is 1. The first-order valence-electron chi connectivity index (χ1n) is 6.57. The van der Waals surface area contributed by atoms with Crippen LogP contribution in [0, 0.1) is 0 Å². The van der Waals surface area contributed by atoms with Crippen molar-refractivity contribution in [1.29, 1.82) is 0 Å². The summed E-state index contributed by atoms with van der Waals surface area (Å²) in [6.07, 6.45) is 7.53. The monoisotopic (exact) mass is 255 g/mol. The Kier molecular flexibility index (Phi) is 3.37. The molecule has 3 rings (SSSR count). The number of piperidine rings is 1. The summed E-state index contributed by atoms with van der Waals surface area (Å²) in [5.41, 5.74) is 7.98. The number of nitrogens with zero attached hydrogens (tertiary/aromatic N) is 4. The Labute approximate surface area is 112 Å². The second kappa shape index (κ2) is 5.32. The van der Waals surface area contributed by atoms with Gasteiger partial charge in [0.15, 0.2) is 0 Å². The predicted molar refractivity (Wildman–Crippen MR) is 74.7 cm³/mol. The highest BCUT2D eigenvalue weighted by Crippen LogP contribution is 2.20. The van der Waals surface area contributed by atoms with Crippen LogP contribution in [0.2, 0.25) is 0 Å². The zero-order valence-corrected chi connectivity index (χ0v) is 10.7.